The Morgan fingerprint density at radius 1 is 1.38 bits per heavy atom. The molecule has 4 nitrogen and oxygen atoms in total. The summed E-state index contributed by atoms with van der Waals surface area (Å²) in [5.41, 5.74) is 9.55. The Morgan fingerprint density at radius 3 is 2.42 bits per heavy atom. The van der Waals surface area contributed by atoms with Crippen LogP contribution in [0.25, 0.3) is 0 Å². The number of aromatic nitrogens is 1. The van der Waals surface area contributed by atoms with E-state index in [4.69, 9.17) is 10.5 Å². The van der Waals surface area contributed by atoms with Gasteiger partial charge in [0.1, 0.15) is 19.1 Å². The van der Waals surface area contributed by atoms with Crippen LogP contribution < -0.4 is 10.5 Å². The van der Waals surface area contributed by atoms with Crippen molar-refractivity contribution in [2.45, 2.75) is 27.2 Å². The molecule has 1 rings (SSSR count). The van der Waals surface area contributed by atoms with E-state index < -0.39 is 6.67 Å². The zero-order valence-electron chi connectivity index (χ0n) is 16.1. The molecule has 0 aliphatic rings. The number of hydrogen-bond donors (Lipinski definition) is 1. The maximum Gasteiger partial charge on any atom is 0.228 e. The maximum atomic E-state index is 12.3. The fraction of sp³-hybridized carbons (Fsp3) is 0.350. The normalized spacial score (nSPS) is 10.8. The van der Waals surface area contributed by atoms with Crippen LogP contribution in [-0.2, 0) is 6.42 Å². The minimum absolute atomic E-state index is 0.0290. The Bertz CT molecular complexity index is 671. The van der Waals surface area contributed by atoms with Gasteiger partial charge in [-0.3, -0.25) is 0 Å². The van der Waals surface area contributed by atoms with Gasteiger partial charge in [-0.2, -0.15) is 0 Å². The SMILES string of the molecule is C=C(C)/C(Cc1ccc(Br)c(OCCF)n1)=C(/N)N(C)C(=C)C.C=CC. The molecule has 144 valence electrons. The van der Waals surface area contributed by atoms with Gasteiger partial charge < -0.3 is 15.4 Å². The highest BCUT2D eigenvalue weighted by Gasteiger charge is 2.13. The highest BCUT2D eigenvalue weighted by Crippen LogP contribution is 2.25. The van der Waals surface area contributed by atoms with Gasteiger partial charge >= 0.3 is 0 Å². The van der Waals surface area contributed by atoms with E-state index in [2.05, 4.69) is 40.7 Å². The summed E-state index contributed by atoms with van der Waals surface area (Å²) in [6, 6.07) is 3.69. The van der Waals surface area contributed by atoms with E-state index in [1.165, 1.54) is 0 Å². The molecular formula is C20H29BrFN3O. The molecule has 2 N–H and O–H groups in total. The van der Waals surface area contributed by atoms with Crippen molar-refractivity contribution in [3.63, 3.8) is 0 Å². The monoisotopic (exact) mass is 425 g/mol. The molecule has 0 atom stereocenters. The van der Waals surface area contributed by atoms with Crippen molar-refractivity contribution in [2.24, 2.45) is 5.73 Å². The predicted octanol–water partition coefficient (Wildman–Crippen LogP) is 5.14. The Labute approximate surface area is 165 Å². The summed E-state index contributed by atoms with van der Waals surface area (Å²) in [7, 11) is 1.85. The third kappa shape index (κ3) is 7.87. The van der Waals surface area contributed by atoms with E-state index >= 15 is 0 Å². The molecule has 0 aromatic carbocycles. The van der Waals surface area contributed by atoms with Crippen molar-refractivity contribution in [1.29, 1.82) is 0 Å². The molecule has 26 heavy (non-hydrogen) atoms. The third-order valence-electron chi connectivity index (χ3n) is 3.30. The number of halogens is 2. The Kier molecular flexibility index (Phi) is 11.3. The first-order chi connectivity index (χ1) is 12.2. The van der Waals surface area contributed by atoms with Crippen molar-refractivity contribution in [2.75, 3.05) is 20.3 Å². The smallest absolute Gasteiger partial charge is 0.228 e. The number of hydrogen-bond acceptors (Lipinski definition) is 4. The van der Waals surface area contributed by atoms with Gasteiger partial charge in [0, 0.05) is 30.4 Å². The highest BCUT2D eigenvalue weighted by atomic mass is 79.9. The summed E-state index contributed by atoms with van der Waals surface area (Å²) < 4.78 is 18.3. The standard InChI is InChI=1S/C17H23BrFN3O.C3H6/c1-11(2)14(16(20)22(5)12(3)4)10-13-6-7-15(18)17(21-13)23-9-8-19;1-3-2/h6-7H,1,3,8-10,20H2,2,4-5H3;3H,1H2,2H3/b16-14-;. The summed E-state index contributed by atoms with van der Waals surface area (Å²) in [6.07, 6.45) is 2.25. The fourth-order valence-electron chi connectivity index (χ4n) is 1.85. The van der Waals surface area contributed by atoms with Gasteiger partial charge in [0.15, 0.2) is 0 Å². The number of pyridine rings is 1. The molecule has 1 aromatic heterocycles. The number of rotatable bonds is 8. The summed E-state index contributed by atoms with van der Waals surface area (Å²) >= 11 is 3.34. The topological polar surface area (TPSA) is 51.4 Å². The Balaban J connectivity index is 0.00000194. The van der Waals surface area contributed by atoms with Crippen LogP contribution in [0.3, 0.4) is 0 Å². The number of alkyl halides is 1. The summed E-state index contributed by atoms with van der Waals surface area (Å²) in [5, 5.41) is 0. The van der Waals surface area contributed by atoms with Gasteiger partial charge in [-0.25, -0.2) is 9.37 Å². The lowest BCUT2D eigenvalue weighted by Crippen LogP contribution is -2.24. The van der Waals surface area contributed by atoms with E-state index in [9.17, 15) is 4.39 Å². The lowest BCUT2D eigenvalue weighted by Gasteiger charge is -2.23. The largest absolute Gasteiger partial charge is 0.474 e. The van der Waals surface area contributed by atoms with E-state index in [-0.39, 0.29) is 6.61 Å². The molecule has 0 unspecified atom stereocenters. The van der Waals surface area contributed by atoms with Crippen LogP contribution in [0.5, 0.6) is 5.88 Å². The van der Waals surface area contributed by atoms with Gasteiger partial charge in [0.05, 0.1) is 4.47 Å². The van der Waals surface area contributed by atoms with Crippen LogP contribution in [0.15, 0.2) is 65.1 Å². The average Bonchev–Trinajstić information content (AvgIpc) is 2.58. The first kappa shape index (κ1) is 23.9. The van der Waals surface area contributed by atoms with E-state index in [1.807, 2.05) is 44.9 Å². The molecule has 0 amide bonds. The van der Waals surface area contributed by atoms with Gasteiger partial charge in [0.2, 0.25) is 5.88 Å². The molecule has 0 radical (unpaired) electrons. The van der Waals surface area contributed by atoms with E-state index in [1.54, 1.807) is 6.08 Å². The third-order valence-corrected chi connectivity index (χ3v) is 3.91. The van der Waals surface area contributed by atoms with Gasteiger partial charge in [-0.1, -0.05) is 24.8 Å². The van der Waals surface area contributed by atoms with Crippen molar-refractivity contribution < 1.29 is 9.13 Å². The molecule has 0 fully saturated rings. The first-order valence-electron chi connectivity index (χ1n) is 8.14. The molecule has 0 saturated carbocycles. The lowest BCUT2D eigenvalue weighted by atomic mass is 10.0. The minimum Gasteiger partial charge on any atom is -0.474 e. The zero-order valence-corrected chi connectivity index (χ0v) is 17.7. The second kappa shape index (κ2) is 12.3. The molecule has 1 heterocycles. The minimum atomic E-state index is -0.564. The summed E-state index contributed by atoms with van der Waals surface area (Å²) in [4.78, 5) is 6.22. The van der Waals surface area contributed by atoms with Crippen molar-refractivity contribution in [3.05, 3.63) is 70.8 Å². The van der Waals surface area contributed by atoms with Crippen molar-refractivity contribution in [1.82, 2.24) is 9.88 Å². The van der Waals surface area contributed by atoms with Crippen molar-refractivity contribution in [3.8, 4) is 5.88 Å². The molecule has 0 aliphatic carbocycles. The van der Waals surface area contributed by atoms with E-state index in [0.29, 0.717) is 22.6 Å². The quantitative estimate of drug-likeness (QED) is 0.462. The zero-order chi connectivity index (χ0) is 20.3. The van der Waals surface area contributed by atoms with Gasteiger partial charge in [-0.05, 0) is 48.8 Å². The summed E-state index contributed by atoms with van der Waals surface area (Å²) in [6.45, 7) is 16.3. The maximum absolute atomic E-state index is 12.3. The first-order valence-corrected chi connectivity index (χ1v) is 8.93. The van der Waals surface area contributed by atoms with Crippen LogP contribution in [0, 0.1) is 0 Å². The van der Waals surface area contributed by atoms with Crippen LogP contribution >= 0.6 is 15.9 Å². The van der Waals surface area contributed by atoms with Gasteiger partial charge in [-0.15, -0.1) is 6.58 Å². The predicted molar refractivity (Wildman–Crippen MR) is 112 cm³/mol. The second-order valence-corrected chi connectivity index (χ2v) is 6.50. The number of nitrogens with two attached hydrogens (primary N) is 1. The lowest BCUT2D eigenvalue weighted by molar-refractivity contribution is 0.262. The Hall–Kier alpha value is -2.08. The van der Waals surface area contributed by atoms with E-state index in [0.717, 1.165) is 22.5 Å². The molecule has 1 aromatic rings. The molecular weight excluding hydrogens is 397 g/mol. The summed E-state index contributed by atoms with van der Waals surface area (Å²) in [5.74, 6) is 0.953. The van der Waals surface area contributed by atoms with Crippen LogP contribution in [0.4, 0.5) is 4.39 Å². The van der Waals surface area contributed by atoms with Crippen LogP contribution in [0.1, 0.15) is 26.5 Å². The number of ether oxygens (including phenoxy) is 1. The molecule has 0 aliphatic heterocycles. The average molecular weight is 426 g/mol. The Morgan fingerprint density at radius 2 is 1.96 bits per heavy atom. The molecule has 0 saturated heterocycles. The van der Waals surface area contributed by atoms with Crippen LogP contribution in [0.2, 0.25) is 0 Å². The molecule has 0 spiro atoms. The number of allylic oxidation sites excluding steroid dienone is 4. The van der Waals surface area contributed by atoms with Crippen LogP contribution in [-0.4, -0.2) is 30.2 Å². The fourth-order valence-corrected chi connectivity index (χ4v) is 2.18. The van der Waals surface area contributed by atoms with Gasteiger partial charge in [0.25, 0.3) is 0 Å². The second-order valence-electron chi connectivity index (χ2n) is 5.65. The van der Waals surface area contributed by atoms with Crippen molar-refractivity contribution >= 4 is 15.9 Å². The number of nitrogens with zero attached hydrogens (tertiary/aromatic N) is 2. The molecule has 0 bridgehead atoms. The highest BCUT2D eigenvalue weighted by molar-refractivity contribution is 9.10. The molecule has 6 heteroatoms.